The summed E-state index contributed by atoms with van der Waals surface area (Å²) in [5.74, 6) is 1.69. The Kier molecular flexibility index (Phi) is 6.05. The summed E-state index contributed by atoms with van der Waals surface area (Å²) < 4.78 is 10.5. The van der Waals surface area contributed by atoms with Crippen molar-refractivity contribution < 1.29 is 14.3 Å². The molecule has 4 nitrogen and oxygen atoms in total. The highest BCUT2D eigenvalue weighted by Crippen LogP contribution is 2.25. The van der Waals surface area contributed by atoms with Crippen molar-refractivity contribution in [3.05, 3.63) is 24.3 Å². The number of nitrogens with one attached hydrogen (secondary N) is 1. The fourth-order valence-corrected chi connectivity index (χ4v) is 1.43. The Morgan fingerprint density at radius 2 is 1.94 bits per heavy atom. The first kappa shape index (κ1) is 14.4. The molecule has 0 bridgehead atoms. The molecule has 0 spiro atoms. The Bertz CT molecular complexity index is 377. The van der Waals surface area contributed by atoms with Crippen molar-refractivity contribution in [3.63, 3.8) is 0 Å². The quantitative estimate of drug-likeness (QED) is 0.808. The minimum atomic E-state index is -0.110. The highest BCUT2D eigenvalue weighted by atomic mass is 16.5. The number of hydrogen-bond donors (Lipinski definition) is 1. The van der Waals surface area contributed by atoms with Crippen LogP contribution in [0.3, 0.4) is 0 Å². The summed E-state index contributed by atoms with van der Waals surface area (Å²) in [5, 5.41) is 2.82. The molecular weight excluding hydrogens is 230 g/mol. The van der Waals surface area contributed by atoms with Crippen LogP contribution in [-0.2, 0) is 4.79 Å². The number of amides is 1. The second kappa shape index (κ2) is 7.58. The van der Waals surface area contributed by atoms with Crippen LogP contribution in [0.4, 0.5) is 0 Å². The van der Waals surface area contributed by atoms with E-state index in [0.717, 1.165) is 6.42 Å². The van der Waals surface area contributed by atoms with Crippen molar-refractivity contribution in [2.45, 2.75) is 20.3 Å². The summed E-state index contributed by atoms with van der Waals surface area (Å²) in [6, 6.07) is 7.27. The lowest BCUT2D eigenvalue weighted by Crippen LogP contribution is -2.30. The van der Waals surface area contributed by atoms with Gasteiger partial charge in [-0.1, -0.05) is 26.0 Å². The van der Waals surface area contributed by atoms with E-state index in [1.165, 1.54) is 0 Å². The number of para-hydroxylation sites is 2. The van der Waals surface area contributed by atoms with Crippen molar-refractivity contribution in [1.82, 2.24) is 5.32 Å². The van der Waals surface area contributed by atoms with Gasteiger partial charge in [-0.2, -0.15) is 0 Å². The molecule has 0 saturated heterocycles. The predicted octanol–water partition coefficient (Wildman–Crippen LogP) is 2.24. The zero-order valence-corrected chi connectivity index (χ0v) is 11.2. The van der Waals surface area contributed by atoms with Crippen LogP contribution in [-0.4, -0.2) is 26.2 Å². The molecule has 0 radical (unpaired) electrons. The summed E-state index contributed by atoms with van der Waals surface area (Å²) in [6.45, 7) is 4.94. The summed E-state index contributed by atoms with van der Waals surface area (Å²) >= 11 is 0. The van der Waals surface area contributed by atoms with Gasteiger partial charge in [0.15, 0.2) is 18.1 Å². The molecule has 1 N–H and O–H groups in total. The van der Waals surface area contributed by atoms with E-state index in [9.17, 15) is 4.79 Å². The lowest BCUT2D eigenvalue weighted by Gasteiger charge is -2.11. The third-order valence-corrected chi connectivity index (χ3v) is 2.47. The average molecular weight is 251 g/mol. The van der Waals surface area contributed by atoms with Crippen LogP contribution < -0.4 is 14.8 Å². The van der Waals surface area contributed by atoms with Crippen LogP contribution in [0.15, 0.2) is 24.3 Å². The Morgan fingerprint density at radius 3 is 2.56 bits per heavy atom. The van der Waals surface area contributed by atoms with Crippen LogP contribution in [0.2, 0.25) is 0 Å². The normalized spacial score (nSPS) is 10.2. The molecule has 0 aliphatic heterocycles. The fraction of sp³-hybridized carbons (Fsp3) is 0.500. The minimum Gasteiger partial charge on any atom is -0.493 e. The van der Waals surface area contributed by atoms with E-state index in [0.29, 0.717) is 24.0 Å². The highest BCUT2D eigenvalue weighted by molar-refractivity contribution is 5.77. The van der Waals surface area contributed by atoms with Gasteiger partial charge in [0.05, 0.1) is 7.11 Å². The molecule has 0 atom stereocenters. The molecule has 0 unspecified atom stereocenters. The van der Waals surface area contributed by atoms with E-state index in [4.69, 9.17) is 9.47 Å². The first-order valence-corrected chi connectivity index (χ1v) is 6.16. The Hall–Kier alpha value is -1.71. The van der Waals surface area contributed by atoms with E-state index in [-0.39, 0.29) is 12.5 Å². The van der Waals surface area contributed by atoms with Gasteiger partial charge < -0.3 is 14.8 Å². The topological polar surface area (TPSA) is 47.6 Å². The fourth-order valence-electron chi connectivity index (χ4n) is 1.43. The SMILES string of the molecule is COc1ccccc1OCC(=O)NCCC(C)C. The molecule has 1 rings (SSSR count). The van der Waals surface area contributed by atoms with Crippen molar-refractivity contribution in [2.75, 3.05) is 20.3 Å². The first-order chi connectivity index (χ1) is 8.63. The number of carbonyl (C=O) groups is 1. The van der Waals surface area contributed by atoms with Gasteiger partial charge in [-0.25, -0.2) is 0 Å². The molecule has 18 heavy (non-hydrogen) atoms. The average Bonchev–Trinajstić information content (AvgIpc) is 2.36. The molecule has 0 aromatic heterocycles. The molecular formula is C14H21NO3. The van der Waals surface area contributed by atoms with E-state index in [1.54, 1.807) is 19.2 Å². The number of carbonyl (C=O) groups excluding carboxylic acids is 1. The molecule has 0 aliphatic carbocycles. The van der Waals surface area contributed by atoms with E-state index in [2.05, 4.69) is 19.2 Å². The maximum atomic E-state index is 11.5. The van der Waals surface area contributed by atoms with Crippen molar-refractivity contribution in [2.24, 2.45) is 5.92 Å². The van der Waals surface area contributed by atoms with Gasteiger partial charge in [-0.3, -0.25) is 4.79 Å². The molecule has 0 fully saturated rings. The molecule has 4 heteroatoms. The number of ether oxygens (including phenoxy) is 2. The van der Waals surface area contributed by atoms with Crippen LogP contribution in [0.5, 0.6) is 11.5 Å². The Labute approximate surface area is 108 Å². The smallest absolute Gasteiger partial charge is 0.257 e. The van der Waals surface area contributed by atoms with E-state index < -0.39 is 0 Å². The summed E-state index contributed by atoms with van der Waals surface area (Å²) in [7, 11) is 1.57. The highest BCUT2D eigenvalue weighted by Gasteiger charge is 2.06. The van der Waals surface area contributed by atoms with Crippen molar-refractivity contribution in [3.8, 4) is 11.5 Å². The van der Waals surface area contributed by atoms with Gasteiger partial charge in [-0.05, 0) is 24.5 Å². The number of hydrogen-bond acceptors (Lipinski definition) is 3. The zero-order valence-electron chi connectivity index (χ0n) is 11.2. The number of rotatable bonds is 7. The molecule has 0 aliphatic rings. The Morgan fingerprint density at radius 1 is 1.28 bits per heavy atom. The maximum Gasteiger partial charge on any atom is 0.257 e. The predicted molar refractivity (Wildman–Crippen MR) is 71.0 cm³/mol. The molecule has 1 amide bonds. The van der Waals surface area contributed by atoms with E-state index in [1.807, 2.05) is 12.1 Å². The standard InChI is InChI=1S/C14H21NO3/c1-11(2)8-9-15-14(16)10-18-13-7-5-4-6-12(13)17-3/h4-7,11H,8-10H2,1-3H3,(H,15,16). The lowest BCUT2D eigenvalue weighted by molar-refractivity contribution is -0.123. The van der Waals surface area contributed by atoms with Gasteiger partial charge >= 0.3 is 0 Å². The minimum absolute atomic E-state index is 0.0124. The van der Waals surface area contributed by atoms with Crippen molar-refractivity contribution >= 4 is 5.91 Å². The second-order valence-electron chi connectivity index (χ2n) is 4.47. The monoisotopic (exact) mass is 251 g/mol. The van der Waals surface area contributed by atoms with Crippen LogP contribution >= 0.6 is 0 Å². The molecule has 1 aromatic rings. The van der Waals surface area contributed by atoms with Gasteiger partial charge in [0.2, 0.25) is 0 Å². The summed E-state index contributed by atoms with van der Waals surface area (Å²) in [5.41, 5.74) is 0. The van der Waals surface area contributed by atoms with Crippen LogP contribution in [0, 0.1) is 5.92 Å². The zero-order chi connectivity index (χ0) is 13.4. The summed E-state index contributed by atoms with van der Waals surface area (Å²) in [6.07, 6.45) is 0.973. The molecule has 0 heterocycles. The van der Waals surface area contributed by atoms with Gasteiger partial charge in [-0.15, -0.1) is 0 Å². The third kappa shape index (κ3) is 5.08. The van der Waals surface area contributed by atoms with Crippen molar-refractivity contribution in [1.29, 1.82) is 0 Å². The second-order valence-corrected chi connectivity index (χ2v) is 4.47. The third-order valence-electron chi connectivity index (χ3n) is 2.47. The van der Waals surface area contributed by atoms with Gasteiger partial charge in [0.1, 0.15) is 0 Å². The van der Waals surface area contributed by atoms with Gasteiger partial charge in [0, 0.05) is 6.54 Å². The summed E-state index contributed by atoms with van der Waals surface area (Å²) in [4.78, 5) is 11.5. The number of benzene rings is 1. The van der Waals surface area contributed by atoms with E-state index >= 15 is 0 Å². The Balaban J connectivity index is 2.33. The largest absolute Gasteiger partial charge is 0.493 e. The van der Waals surface area contributed by atoms with Crippen LogP contribution in [0.1, 0.15) is 20.3 Å². The van der Waals surface area contributed by atoms with Gasteiger partial charge in [0.25, 0.3) is 5.91 Å². The maximum absolute atomic E-state index is 11.5. The number of methoxy groups -OCH3 is 1. The molecule has 1 aromatic carbocycles. The molecule has 100 valence electrons. The van der Waals surface area contributed by atoms with Crippen LogP contribution in [0.25, 0.3) is 0 Å². The lowest BCUT2D eigenvalue weighted by atomic mass is 10.1. The first-order valence-electron chi connectivity index (χ1n) is 6.16. The molecule has 0 saturated carbocycles.